The summed E-state index contributed by atoms with van der Waals surface area (Å²) in [5.41, 5.74) is 5.01. The Kier molecular flexibility index (Phi) is 4.87. The van der Waals surface area contributed by atoms with Gasteiger partial charge < -0.3 is 15.9 Å². The van der Waals surface area contributed by atoms with Crippen LogP contribution in [0.25, 0.3) is 0 Å². The highest BCUT2D eigenvalue weighted by molar-refractivity contribution is 5.24. The van der Waals surface area contributed by atoms with Gasteiger partial charge in [-0.1, -0.05) is 30.3 Å². The lowest BCUT2D eigenvalue weighted by molar-refractivity contribution is 0.0110. The van der Waals surface area contributed by atoms with Gasteiger partial charge in [-0.25, -0.2) is 9.97 Å². The van der Waals surface area contributed by atoms with E-state index in [2.05, 4.69) is 15.3 Å². The number of nitrogens with two attached hydrogens (primary N) is 1. The van der Waals surface area contributed by atoms with Crippen LogP contribution in [0.15, 0.2) is 48.8 Å². The summed E-state index contributed by atoms with van der Waals surface area (Å²) in [7, 11) is 0. The summed E-state index contributed by atoms with van der Waals surface area (Å²) >= 11 is 0. The molecular formula is C16H22N4O2. The molecular weight excluding hydrogens is 280 g/mol. The summed E-state index contributed by atoms with van der Waals surface area (Å²) in [6.07, 6.45) is 2.00. The molecule has 118 valence electrons. The van der Waals surface area contributed by atoms with E-state index in [1.54, 1.807) is 32.3 Å². The van der Waals surface area contributed by atoms with Gasteiger partial charge in [-0.3, -0.25) is 5.32 Å². The fraction of sp³-hybridized carbons (Fsp3) is 0.375. The molecule has 0 fully saturated rings. The predicted octanol–water partition coefficient (Wildman–Crippen LogP) is 0.466. The minimum Gasteiger partial charge on any atom is -0.394 e. The molecule has 3 atom stereocenters. The first kappa shape index (κ1) is 16.5. The maximum Gasteiger partial charge on any atom is 0.151 e. The van der Waals surface area contributed by atoms with E-state index in [9.17, 15) is 10.2 Å². The first-order valence-electron chi connectivity index (χ1n) is 7.08. The van der Waals surface area contributed by atoms with Gasteiger partial charge in [0.2, 0.25) is 0 Å². The van der Waals surface area contributed by atoms with Crippen LogP contribution in [-0.2, 0) is 11.1 Å². The molecule has 0 aliphatic carbocycles. The molecule has 1 heterocycles. The Morgan fingerprint density at radius 3 is 2.27 bits per heavy atom. The molecule has 22 heavy (non-hydrogen) atoms. The van der Waals surface area contributed by atoms with Gasteiger partial charge in [-0.2, -0.15) is 0 Å². The minimum absolute atomic E-state index is 0.195. The van der Waals surface area contributed by atoms with Crippen molar-refractivity contribution in [3.8, 4) is 0 Å². The van der Waals surface area contributed by atoms with E-state index in [0.29, 0.717) is 5.82 Å². The molecule has 0 spiro atoms. The second-order valence-corrected chi connectivity index (χ2v) is 5.76. The van der Waals surface area contributed by atoms with Crippen LogP contribution >= 0.6 is 0 Å². The molecule has 6 nitrogen and oxygen atoms in total. The van der Waals surface area contributed by atoms with Crippen molar-refractivity contribution in [3.63, 3.8) is 0 Å². The Balaban J connectivity index is 2.24. The van der Waals surface area contributed by atoms with E-state index in [0.717, 1.165) is 5.56 Å². The molecule has 6 heteroatoms. The summed E-state index contributed by atoms with van der Waals surface area (Å²) in [5.74, 6) is 0.323. The predicted molar refractivity (Wildman–Crippen MR) is 83.6 cm³/mol. The fourth-order valence-corrected chi connectivity index (χ4v) is 2.18. The van der Waals surface area contributed by atoms with Crippen LogP contribution < -0.4 is 11.1 Å². The smallest absolute Gasteiger partial charge is 0.151 e. The topological polar surface area (TPSA) is 104 Å². The van der Waals surface area contributed by atoms with Crippen LogP contribution in [0.5, 0.6) is 0 Å². The number of hydrogen-bond acceptors (Lipinski definition) is 6. The molecule has 5 N–H and O–H groups in total. The number of nitrogens with one attached hydrogen (secondary N) is 1. The van der Waals surface area contributed by atoms with Crippen molar-refractivity contribution in [1.82, 2.24) is 15.3 Å². The van der Waals surface area contributed by atoms with Gasteiger partial charge in [0.25, 0.3) is 0 Å². The molecule has 0 amide bonds. The van der Waals surface area contributed by atoms with Crippen molar-refractivity contribution in [2.24, 2.45) is 5.73 Å². The zero-order chi connectivity index (χ0) is 16.2. The Morgan fingerprint density at radius 2 is 1.73 bits per heavy atom. The summed E-state index contributed by atoms with van der Waals surface area (Å²) in [6.45, 7) is 3.25. The number of nitrogens with zero attached hydrogens (tertiary/aromatic N) is 2. The van der Waals surface area contributed by atoms with Gasteiger partial charge in [-0.05, 0) is 25.5 Å². The maximum absolute atomic E-state index is 10.5. The average molecular weight is 302 g/mol. The van der Waals surface area contributed by atoms with Gasteiger partial charge in [0.05, 0.1) is 12.1 Å². The number of benzene rings is 1. The highest BCUT2D eigenvalue weighted by Gasteiger charge is 2.38. The van der Waals surface area contributed by atoms with Crippen LogP contribution in [-0.4, -0.2) is 33.0 Å². The lowest BCUT2D eigenvalue weighted by Crippen LogP contribution is -2.59. The minimum atomic E-state index is -1.20. The van der Waals surface area contributed by atoms with Gasteiger partial charge in [0.15, 0.2) is 5.82 Å². The largest absolute Gasteiger partial charge is 0.394 e. The van der Waals surface area contributed by atoms with Crippen molar-refractivity contribution >= 4 is 0 Å². The Labute approximate surface area is 130 Å². The van der Waals surface area contributed by atoms with Crippen molar-refractivity contribution in [2.75, 3.05) is 6.61 Å². The van der Waals surface area contributed by atoms with Gasteiger partial charge >= 0.3 is 0 Å². The highest BCUT2D eigenvalue weighted by atomic mass is 16.3. The molecule has 1 aromatic carbocycles. The van der Waals surface area contributed by atoms with Crippen LogP contribution in [0, 0.1) is 0 Å². The Hall–Kier alpha value is -1.86. The lowest BCUT2D eigenvalue weighted by atomic mass is 9.90. The monoisotopic (exact) mass is 302 g/mol. The van der Waals surface area contributed by atoms with E-state index in [1.165, 1.54) is 0 Å². The number of aliphatic hydroxyl groups excluding tert-OH is 2. The SMILES string of the molecule is CC(CO)(NC(O)C(C)(N)c1ncccn1)c1ccccc1. The summed E-state index contributed by atoms with van der Waals surface area (Å²) < 4.78 is 0. The van der Waals surface area contributed by atoms with Crippen LogP contribution in [0.1, 0.15) is 25.2 Å². The standard InChI is InChI=1S/C16H22N4O2/c1-15(11-21,12-7-4-3-5-8-12)20-14(22)16(2,17)13-18-9-6-10-19-13/h3-10,14,20-22H,11,17H2,1-2H3. The van der Waals surface area contributed by atoms with Gasteiger partial charge in [0.1, 0.15) is 11.8 Å². The summed E-state index contributed by atoms with van der Waals surface area (Å²) in [6, 6.07) is 11.1. The number of aromatic nitrogens is 2. The van der Waals surface area contributed by atoms with Crippen molar-refractivity contribution in [3.05, 3.63) is 60.2 Å². The van der Waals surface area contributed by atoms with E-state index in [4.69, 9.17) is 5.73 Å². The Bertz CT molecular complexity index is 592. The quantitative estimate of drug-likeness (QED) is 0.578. The zero-order valence-corrected chi connectivity index (χ0v) is 12.8. The lowest BCUT2D eigenvalue weighted by Gasteiger charge is -2.37. The third kappa shape index (κ3) is 3.31. The van der Waals surface area contributed by atoms with Crippen LogP contribution in [0.4, 0.5) is 0 Å². The number of rotatable bonds is 6. The third-order valence-corrected chi connectivity index (χ3v) is 3.80. The molecule has 1 aromatic heterocycles. The van der Waals surface area contributed by atoms with Gasteiger partial charge in [-0.15, -0.1) is 0 Å². The second kappa shape index (κ2) is 6.50. The first-order valence-corrected chi connectivity index (χ1v) is 7.08. The van der Waals surface area contributed by atoms with E-state index in [-0.39, 0.29) is 6.61 Å². The van der Waals surface area contributed by atoms with Crippen molar-refractivity contribution in [1.29, 1.82) is 0 Å². The Morgan fingerprint density at radius 1 is 1.14 bits per heavy atom. The summed E-state index contributed by atoms with van der Waals surface area (Å²) in [5, 5.41) is 23.3. The summed E-state index contributed by atoms with van der Waals surface area (Å²) in [4.78, 5) is 8.20. The molecule has 0 radical (unpaired) electrons. The van der Waals surface area contributed by atoms with Crippen LogP contribution in [0.3, 0.4) is 0 Å². The normalized spacial score (nSPS) is 18.2. The van der Waals surface area contributed by atoms with Crippen molar-refractivity contribution < 1.29 is 10.2 Å². The molecule has 2 aromatic rings. The molecule has 0 aliphatic heterocycles. The molecule has 0 bridgehead atoms. The van der Waals surface area contributed by atoms with E-state index < -0.39 is 17.3 Å². The fourth-order valence-electron chi connectivity index (χ4n) is 2.18. The molecule has 0 aliphatic rings. The van der Waals surface area contributed by atoms with Crippen LogP contribution in [0.2, 0.25) is 0 Å². The highest BCUT2D eigenvalue weighted by Crippen LogP contribution is 2.24. The second-order valence-electron chi connectivity index (χ2n) is 5.76. The van der Waals surface area contributed by atoms with Crippen molar-refractivity contribution in [2.45, 2.75) is 31.2 Å². The maximum atomic E-state index is 10.5. The molecule has 3 unspecified atom stereocenters. The first-order chi connectivity index (χ1) is 10.4. The zero-order valence-electron chi connectivity index (χ0n) is 12.8. The molecule has 0 saturated heterocycles. The third-order valence-electron chi connectivity index (χ3n) is 3.80. The molecule has 2 rings (SSSR count). The number of hydrogen-bond donors (Lipinski definition) is 4. The molecule has 0 saturated carbocycles. The average Bonchev–Trinajstić information content (AvgIpc) is 2.56. The van der Waals surface area contributed by atoms with Gasteiger partial charge in [0, 0.05) is 12.4 Å². The number of aliphatic hydroxyl groups is 2. The van der Waals surface area contributed by atoms with E-state index >= 15 is 0 Å². The van der Waals surface area contributed by atoms with E-state index in [1.807, 2.05) is 30.3 Å².